The summed E-state index contributed by atoms with van der Waals surface area (Å²) in [5, 5.41) is 3.05. The van der Waals surface area contributed by atoms with Gasteiger partial charge in [-0.2, -0.15) is 0 Å². The van der Waals surface area contributed by atoms with Gasteiger partial charge in [0.2, 0.25) is 5.91 Å². The summed E-state index contributed by atoms with van der Waals surface area (Å²) in [5.74, 6) is -0.318. The number of anilines is 1. The minimum absolute atomic E-state index is 0.0296. The van der Waals surface area contributed by atoms with Crippen molar-refractivity contribution in [1.82, 2.24) is 0 Å². The van der Waals surface area contributed by atoms with Crippen molar-refractivity contribution in [2.24, 2.45) is 0 Å². The van der Waals surface area contributed by atoms with Gasteiger partial charge in [0.1, 0.15) is 5.82 Å². The van der Waals surface area contributed by atoms with Gasteiger partial charge in [-0.1, -0.05) is 30.7 Å². The predicted molar refractivity (Wildman–Crippen MR) is 86.5 cm³/mol. The van der Waals surface area contributed by atoms with Crippen molar-refractivity contribution in [2.45, 2.75) is 38.5 Å². The lowest BCUT2D eigenvalue weighted by Gasteiger charge is -2.40. The number of hydrogen-bond acceptors (Lipinski definition) is 1. The lowest BCUT2D eigenvalue weighted by molar-refractivity contribution is -0.124. The number of hydrogen-bond donors (Lipinski definition) is 1. The fraction of sp³-hybridized carbons (Fsp3) is 0.316. The fourth-order valence-corrected chi connectivity index (χ4v) is 3.09. The zero-order valence-corrected chi connectivity index (χ0v) is 12.9. The molecule has 0 spiro atoms. The molecule has 3 heteroatoms. The molecule has 0 aliphatic heterocycles. The minimum atomic E-state index is -0.585. The summed E-state index contributed by atoms with van der Waals surface area (Å²) in [6.45, 7) is 4.03. The quantitative estimate of drug-likeness (QED) is 0.887. The van der Waals surface area contributed by atoms with Crippen molar-refractivity contribution in [3.05, 3.63) is 65.0 Å². The Morgan fingerprint density at radius 1 is 1.14 bits per heavy atom. The van der Waals surface area contributed by atoms with Crippen LogP contribution in [0.4, 0.5) is 10.1 Å². The Morgan fingerprint density at radius 3 is 2.50 bits per heavy atom. The van der Waals surface area contributed by atoms with Crippen molar-refractivity contribution in [1.29, 1.82) is 0 Å². The number of carbonyl (C=O) groups is 1. The highest BCUT2D eigenvalue weighted by Gasteiger charge is 2.45. The lowest BCUT2D eigenvalue weighted by atomic mass is 9.63. The van der Waals surface area contributed by atoms with E-state index in [1.165, 1.54) is 12.1 Å². The Kier molecular flexibility index (Phi) is 3.73. The van der Waals surface area contributed by atoms with Crippen LogP contribution < -0.4 is 5.32 Å². The van der Waals surface area contributed by atoms with E-state index in [1.807, 2.05) is 38.1 Å². The van der Waals surface area contributed by atoms with Crippen molar-refractivity contribution in [3.8, 4) is 0 Å². The topological polar surface area (TPSA) is 29.1 Å². The molecule has 1 fully saturated rings. The fourth-order valence-electron chi connectivity index (χ4n) is 3.09. The summed E-state index contributed by atoms with van der Waals surface area (Å²) in [5.41, 5.74) is 3.25. The Labute approximate surface area is 130 Å². The number of halogens is 1. The number of carbonyl (C=O) groups excluding carboxylic acids is 1. The van der Waals surface area contributed by atoms with Crippen molar-refractivity contribution in [2.75, 3.05) is 5.32 Å². The molecule has 0 saturated heterocycles. The normalized spacial score (nSPS) is 16.0. The maximum absolute atomic E-state index is 13.5. The van der Waals surface area contributed by atoms with Crippen LogP contribution >= 0.6 is 0 Å². The van der Waals surface area contributed by atoms with Gasteiger partial charge in [0.25, 0.3) is 0 Å². The minimum Gasteiger partial charge on any atom is -0.325 e. The molecule has 1 saturated carbocycles. The van der Waals surface area contributed by atoms with Gasteiger partial charge in [0.05, 0.1) is 5.41 Å². The van der Waals surface area contributed by atoms with Crippen LogP contribution in [-0.2, 0) is 10.2 Å². The average molecular weight is 297 g/mol. The number of aryl methyl sites for hydroxylation is 1. The van der Waals surface area contributed by atoms with Gasteiger partial charge >= 0.3 is 0 Å². The van der Waals surface area contributed by atoms with Crippen LogP contribution in [0.1, 0.15) is 36.0 Å². The third-order valence-corrected chi connectivity index (χ3v) is 4.87. The lowest BCUT2D eigenvalue weighted by Crippen LogP contribution is -2.46. The van der Waals surface area contributed by atoms with E-state index in [0.717, 1.165) is 41.6 Å². The van der Waals surface area contributed by atoms with E-state index < -0.39 is 5.41 Å². The highest BCUT2D eigenvalue weighted by Crippen LogP contribution is 2.45. The van der Waals surface area contributed by atoms with Crippen LogP contribution in [0, 0.1) is 19.7 Å². The van der Waals surface area contributed by atoms with Crippen LogP contribution in [0.5, 0.6) is 0 Å². The Bertz CT molecular complexity index is 719. The maximum atomic E-state index is 13.5. The van der Waals surface area contributed by atoms with E-state index in [2.05, 4.69) is 5.32 Å². The number of nitrogens with one attached hydrogen (secondary N) is 1. The molecule has 1 aliphatic carbocycles. The van der Waals surface area contributed by atoms with Crippen LogP contribution in [0.25, 0.3) is 0 Å². The second-order valence-electron chi connectivity index (χ2n) is 6.15. The standard InChI is InChI=1S/C19H20FNO/c1-13-6-3-9-17(14(13)2)21-18(22)19(10-5-11-19)15-7-4-8-16(20)12-15/h3-4,6-9,12H,5,10-11H2,1-2H3,(H,21,22). The third kappa shape index (κ3) is 2.41. The average Bonchev–Trinajstić information content (AvgIpc) is 2.43. The van der Waals surface area contributed by atoms with E-state index in [-0.39, 0.29) is 11.7 Å². The van der Waals surface area contributed by atoms with Crippen LogP contribution in [0.15, 0.2) is 42.5 Å². The monoisotopic (exact) mass is 297 g/mol. The smallest absolute Gasteiger partial charge is 0.235 e. The highest BCUT2D eigenvalue weighted by atomic mass is 19.1. The van der Waals surface area contributed by atoms with Crippen molar-refractivity contribution < 1.29 is 9.18 Å². The molecule has 0 radical (unpaired) electrons. The largest absolute Gasteiger partial charge is 0.325 e. The molecule has 0 bridgehead atoms. The van der Waals surface area contributed by atoms with Crippen LogP contribution in [0.3, 0.4) is 0 Å². The molecular weight excluding hydrogens is 277 g/mol. The van der Waals surface area contributed by atoms with Gasteiger partial charge in [0, 0.05) is 5.69 Å². The summed E-state index contributed by atoms with van der Waals surface area (Å²) in [6, 6.07) is 12.3. The van der Waals surface area contributed by atoms with E-state index in [1.54, 1.807) is 6.07 Å². The second kappa shape index (κ2) is 5.56. The predicted octanol–water partition coefficient (Wildman–Crippen LogP) is 4.50. The highest BCUT2D eigenvalue weighted by molar-refractivity contribution is 6.00. The zero-order valence-electron chi connectivity index (χ0n) is 12.9. The number of amides is 1. The van der Waals surface area contributed by atoms with E-state index in [4.69, 9.17) is 0 Å². The molecule has 1 amide bonds. The molecule has 2 aromatic carbocycles. The molecular formula is C19H20FNO. The van der Waals surface area contributed by atoms with Crippen LogP contribution in [-0.4, -0.2) is 5.91 Å². The van der Waals surface area contributed by atoms with Crippen LogP contribution in [0.2, 0.25) is 0 Å². The summed E-state index contributed by atoms with van der Waals surface area (Å²) in [4.78, 5) is 12.9. The zero-order chi connectivity index (χ0) is 15.7. The van der Waals surface area contributed by atoms with Gasteiger partial charge < -0.3 is 5.32 Å². The molecule has 0 unspecified atom stereocenters. The van der Waals surface area contributed by atoms with E-state index in [0.29, 0.717) is 0 Å². The first-order valence-electron chi connectivity index (χ1n) is 7.67. The van der Waals surface area contributed by atoms with Gasteiger partial charge in [-0.05, 0) is 61.6 Å². The van der Waals surface area contributed by atoms with Gasteiger partial charge in [-0.25, -0.2) is 4.39 Å². The maximum Gasteiger partial charge on any atom is 0.235 e. The summed E-state index contributed by atoms with van der Waals surface area (Å²) >= 11 is 0. The first-order chi connectivity index (χ1) is 10.5. The Balaban J connectivity index is 1.91. The van der Waals surface area contributed by atoms with Crippen molar-refractivity contribution >= 4 is 11.6 Å². The first-order valence-corrected chi connectivity index (χ1v) is 7.67. The summed E-state index contributed by atoms with van der Waals surface area (Å²) < 4.78 is 13.5. The van der Waals surface area contributed by atoms with Gasteiger partial charge in [-0.3, -0.25) is 4.79 Å². The summed E-state index contributed by atoms with van der Waals surface area (Å²) in [6.07, 6.45) is 2.54. The molecule has 3 rings (SSSR count). The van der Waals surface area contributed by atoms with Gasteiger partial charge in [0.15, 0.2) is 0 Å². The molecule has 2 aromatic rings. The van der Waals surface area contributed by atoms with Crippen molar-refractivity contribution in [3.63, 3.8) is 0 Å². The Morgan fingerprint density at radius 2 is 1.86 bits per heavy atom. The molecule has 114 valence electrons. The van der Waals surface area contributed by atoms with Gasteiger partial charge in [-0.15, -0.1) is 0 Å². The number of benzene rings is 2. The van der Waals surface area contributed by atoms with E-state index >= 15 is 0 Å². The number of rotatable bonds is 3. The molecule has 2 nitrogen and oxygen atoms in total. The molecule has 1 aliphatic rings. The van der Waals surface area contributed by atoms with E-state index in [9.17, 15) is 9.18 Å². The Hall–Kier alpha value is -2.16. The molecule has 1 N–H and O–H groups in total. The summed E-state index contributed by atoms with van der Waals surface area (Å²) in [7, 11) is 0. The first kappa shape index (κ1) is 14.8. The molecule has 0 aromatic heterocycles. The molecule has 0 atom stereocenters. The molecule has 0 heterocycles. The third-order valence-electron chi connectivity index (χ3n) is 4.87. The second-order valence-corrected chi connectivity index (χ2v) is 6.15. The molecule has 22 heavy (non-hydrogen) atoms. The SMILES string of the molecule is Cc1cccc(NC(=O)C2(c3cccc(F)c3)CCC2)c1C.